The van der Waals surface area contributed by atoms with Crippen molar-refractivity contribution in [2.45, 2.75) is 25.2 Å². The summed E-state index contributed by atoms with van der Waals surface area (Å²) < 4.78 is 4.98. The Kier molecular flexibility index (Phi) is 5.55. The molecular weight excluding hydrogens is 218 g/mol. The number of hydrogen-bond acceptors (Lipinski definition) is 4. The Hall–Kier alpha value is -0.0300. The molecule has 1 saturated heterocycles. The minimum Gasteiger partial charge on any atom is -0.447 e. The predicted molar refractivity (Wildman–Crippen MR) is 63.2 cm³/mol. The van der Waals surface area contributed by atoms with Crippen LogP contribution in [-0.4, -0.2) is 41.3 Å². The largest absolute Gasteiger partial charge is 0.447 e. The van der Waals surface area contributed by atoms with Gasteiger partial charge in [-0.3, -0.25) is 0 Å². The van der Waals surface area contributed by atoms with Crippen molar-refractivity contribution in [2.75, 3.05) is 23.8 Å². The van der Waals surface area contributed by atoms with E-state index in [4.69, 9.17) is 4.74 Å². The zero-order chi connectivity index (χ0) is 10.4. The van der Waals surface area contributed by atoms with Gasteiger partial charge in [-0.25, -0.2) is 4.79 Å². The van der Waals surface area contributed by atoms with Gasteiger partial charge < -0.3 is 10.1 Å². The molecule has 14 heavy (non-hydrogen) atoms. The van der Waals surface area contributed by atoms with E-state index in [2.05, 4.69) is 5.32 Å². The molecule has 1 atom stereocenters. The van der Waals surface area contributed by atoms with E-state index >= 15 is 0 Å². The first-order valence-corrected chi connectivity index (χ1v) is 7.02. The summed E-state index contributed by atoms with van der Waals surface area (Å²) in [7, 11) is 0. The smallest absolute Gasteiger partial charge is 0.407 e. The highest BCUT2D eigenvalue weighted by Gasteiger charge is 2.15. The minimum atomic E-state index is -0.295. The Morgan fingerprint density at radius 2 is 2.36 bits per heavy atom. The second-order valence-corrected chi connectivity index (χ2v) is 5.96. The maximum Gasteiger partial charge on any atom is 0.407 e. The van der Waals surface area contributed by atoms with Crippen molar-refractivity contribution >= 4 is 29.6 Å². The molecule has 0 aliphatic carbocycles. The number of carbonyl (C=O) groups is 1. The number of nitrogens with one attached hydrogen (secondary N) is 1. The van der Waals surface area contributed by atoms with Crippen molar-refractivity contribution in [3.8, 4) is 0 Å². The number of alkyl carbamates (subject to hydrolysis) is 1. The summed E-state index contributed by atoms with van der Waals surface area (Å²) >= 11 is 3.89. The van der Waals surface area contributed by atoms with Gasteiger partial charge in [-0.2, -0.15) is 23.5 Å². The predicted octanol–water partition coefficient (Wildman–Crippen LogP) is 1.97. The van der Waals surface area contributed by atoms with E-state index in [0.717, 1.165) is 12.3 Å². The quantitative estimate of drug-likeness (QED) is 0.811. The van der Waals surface area contributed by atoms with Gasteiger partial charge in [-0.15, -0.1) is 0 Å². The van der Waals surface area contributed by atoms with Gasteiger partial charge in [0.25, 0.3) is 0 Å². The van der Waals surface area contributed by atoms with Crippen LogP contribution in [-0.2, 0) is 4.74 Å². The van der Waals surface area contributed by atoms with Crippen LogP contribution in [0.3, 0.4) is 0 Å². The summed E-state index contributed by atoms with van der Waals surface area (Å²) in [6.45, 7) is 4.43. The van der Waals surface area contributed by atoms with Gasteiger partial charge in [-0.1, -0.05) is 0 Å². The standard InChI is InChI=1S/C9H17NO2S2/c1-7(2)12-9(11)10-5-8-6-13-3-4-14-8/h7-8H,3-6H2,1-2H3,(H,10,11). The highest BCUT2D eigenvalue weighted by molar-refractivity contribution is 8.06. The van der Waals surface area contributed by atoms with Crippen molar-refractivity contribution < 1.29 is 9.53 Å². The zero-order valence-corrected chi connectivity index (χ0v) is 10.2. The first-order valence-electron chi connectivity index (χ1n) is 4.82. The summed E-state index contributed by atoms with van der Waals surface area (Å²) in [6, 6.07) is 0. The normalized spacial score (nSPS) is 22.1. The molecule has 0 radical (unpaired) electrons. The molecule has 0 aromatic rings. The first kappa shape index (κ1) is 12.0. The third-order valence-electron chi connectivity index (χ3n) is 1.70. The fourth-order valence-electron chi connectivity index (χ4n) is 1.11. The second kappa shape index (κ2) is 6.45. The van der Waals surface area contributed by atoms with Crippen LogP contribution in [0.4, 0.5) is 4.79 Å². The van der Waals surface area contributed by atoms with E-state index in [1.165, 1.54) is 11.5 Å². The lowest BCUT2D eigenvalue weighted by Gasteiger charge is -2.21. The van der Waals surface area contributed by atoms with Crippen LogP contribution in [0.5, 0.6) is 0 Å². The van der Waals surface area contributed by atoms with Crippen molar-refractivity contribution in [2.24, 2.45) is 0 Å². The minimum absolute atomic E-state index is 0.0385. The highest BCUT2D eigenvalue weighted by Crippen LogP contribution is 2.23. The Morgan fingerprint density at radius 3 is 2.93 bits per heavy atom. The van der Waals surface area contributed by atoms with Gasteiger partial charge in [0.15, 0.2) is 0 Å². The van der Waals surface area contributed by atoms with Crippen LogP contribution < -0.4 is 5.32 Å². The Morgan fingerprint density at radius 1 is 1.57 bits per heavy atom. The fraction of sp³-hybridized carbons (Fsp3) is 0.889. The molecule has 1 rings (SSSR count). The van der Waals surface area contributed by atoms with Crippen LogP contribution >= 0.6 is 23.5 Å². The van der Waals surface area contributed by atoms with Gasteiger partial charge in [0.2, 0.25) is 0 Å². The molecule has 1 heterocycles. The SMILES string of the molecule is CC(C)OC(=O)NCC1CSCCS1. The molecular formula is C9H17NO2S2. The maximum absolute atomic E-state index is 11.1. The summed E-state index contributed by atoms with van der Waals surface area (Å²) in [5.41, 5.74) is 0. The van der Waals surface area contributed by atoms with Crippen molar-refractivity contribution in [1.82, 2.24) is 5.32 Å². The lowest BCUT2D eigenvalue weighted by atomic mass is 10.4. The van der Waals surface area contributed by atoms with Crippen LogP contribution in [0.2, 0.25) is 0 Å². The molecule has 0 bridgehead atoms. The summed E-state index contributed by atoms with van der Waals surface area (Å²) in [6.07, 6.45) is -0.334. The van der Waals surface area contributed by atoms with E-state index in [9.17, 15) is 4.79 Å². The van der Waals surface area contributed by atoms with Crippen molar-refractivity contribution in [3.05, 3.63) is 0 Å². The average molecular weight is 235 g/mol. The molecule has 0 aromatic heterocycles. The van der Waals surface area contributed by atoms with Crippen LogP contribution in [0.15, 0.2) is 0 Å². The number of rotatable bonds is 3. The monoisotopic (exact) mass is 235 g/mol. The summed E-state index contributed by atoms with van der Waals surface area (Å²) in [5.74, 6) is 3.56. The Labute approximate surface area is 93.7 Å². The van der Waals surface area contributed by atoms with Crippen molar-refractivity contribution in [3.63, 3.8) is 0 Å². The van der Waals surface area contributed by atoms with Gasteiger partial charge in [0.05, 0.1) is 6.10 Å². The zero-order valence-electron chi connectivity index (χ0n) is 8.62. The van der Waals surface area contributed by atoms with E-state index in [-0.39, 0.29) is 12.2 Å². The van der Waals surface area contributed by atoms with Gasteiger partial charge in [-0.05, 0) is 13.8 Å². The maximum atomic E-state index is 11.1. The molecule has 82 valence electrons. The molecule has 1 aliphatic heterocycles. The van der Waals surface area contributed by atoms with Gasteiger partial charge in [0.1, 0.15) is 0 Å². The molecule has 3 nitrogen and oxygen atoms in total. The number of carbonyl (C=O) groups excluding carboxylic acids is 1. The topological polar surface area (TPSA) is 38.3 Å². The van der Waals surface area contributed by atoms with E-state index in [1.807, 2.05) is 37.4 Å². The third kappa shape index (κ3) is 5.00. The molecule has 1 unspecified atom stereocenters. The second-order valence-electron chi connectivity index (χ2n) is 3.40. The van der Waals surface area contributed by atoms with Crippen LogP contribution in [0.1, 0.15) is 13.8 Å². The summed E-state index contributed by atoms with van der Waals surface area (Å²) in [5, 5.41) is 3.34. The molecule has 1 amide bonds. The van der Waals surface area contributed by atoms with Gasteiger partial charge >= 0.3 is 6.09 Å². The first-order chi connectivity index (χ1) is 6.68. The molecule has 1 aliphatic rings. The number of thioether (sulfide) groups is 2. The third-order valence-corrected chi connectivity index (χ3v) is 4.55. The van der Waals surface area contributed by atoms with E-state index < -0.39 is 0 Å². The van der Waals surface area contributed by atoms with E-state index in [0.29, 0.717) is 5.25 Å². The molecule has 1 fully saturated rings. The number of amides is 1. The summed E-state index contributed by atoms with van der Waals surface area (Å²) in [4.78, 5) is 11.1. The molecule has 5 heteroatoms. The lowest BCUT2D eigenvalue weighted by Crippen LogP contribution is -2.34. The average Bonchev–Trinajstić information content (AvgIpc) is 2.15. The molecule has 1 N–H and O–H groups in total. The molecule has 0 spiro atoms. The lowest BCUT2D eigenvalue weighted by molar-refractivity contribution is 0.116. The fourth-order valence-corrected chi connectivity index (χ4v) is 3.72. The van der Waals surface area contributed by atoms with Gasteiger partial charge in [0, 0.05) is 29.1 Å². The number of ether oxygens (including phenoxy) is 1. The van der Waals surface area contributed by atoms with E-state index in [1.54, 1.807) is 0 Å². The van der Waals surface area contributed by atoms with Crippen molar-refractivity contribution in [1.29, 1.82) is 0 Å². The van der Waals surface area contributed by atoms with Crippen LogP contribution in [0.25, 0.3) is 0 Å². The highest BCUT2D eigenvalue weighted by atomic mass is 32.2. The van der Waals surface area contributed by atoms with Crippen LogP contribution in [0, 0.1) is 0 Å². The Bertz CT molecular complexity index is 182. The Balaban J connectivity index is 2.09. The molecule has 0 saturated carbocycles. The number of hydrogen-bond donors (Lipinski definition) is 1. The molecule has 0 aromatic carbocycles.